The van der Waals surface area contributed by atoms with E-state index in [9.17, 15) is 9.59 Å². The number of anilines is 1. The van der Waals surface area contributed by atoms with E-state index >= 15 is 0 Å². The number of hydrogen-bond acceptors (Lipinski definition) is 4. The Morgan fingerprint density at radius 1 is 1.19 bits per heavy atom. The van der Waals surface area contributed by atoms with E-state index < -0.39 is 5.91 Å². The molecule has 1 heterocycles. The number of para-hydroxylation sites is 1. The van der Waals surface area contributed by atoms with Gasteiger partial charge in [-0.05, 0) is 43.2 Å². The second-order valence-electron chi connectivity index (χ2n) is 6.19. The molecule has 0 aliphatic carbocycles. The van der Waals surface area contributed by atoms with Crippen molar-refractivity contribution in [2.75, 3.05) is 25.6 Å². The van der Waals surface area contributed by atoms with Crippen LogP contribution in [-0.4, -0.2) is 38.2 Å². The lowest BCUT2D eigenvalue weighted by Crippen LogP contribution is -2.32. The summed E-state index contributed by atoms with van der Waals surface area (Å²) in [7, 11) is 1.48. The fraction of sp³-hybridized carbons (Fsp3) is 0.300. The molecule has 27 heavy (non-hydrogen) atoms. The first-order valence-electron chi connectivity index (χ1n) is 8.72. The first-order valence-corrected chi connectivity index (χ1v) is 9.10. The van der Waals surface area contributed by atoms with Gasteiger partial charge in [-0.3, -0.25) is 9.59 Å². The number of ether oxygens (including phenoxy) is 2. The van der Waals surface area contributed by atoms with E-state index in [2.05, 4.69) is 10.6 Å². The van der Waals surface area contributed by atoms with E-state index in [1.165, 1.54) is 13.2 Å². The minimum Gasteiger partial charge on any atom is -0.496 e. The quantitative estimate of drug-likeness (QED) is 0.793. The molecule has 3 rings (SSSR count). The maximum absolute atomic E-state index is 12.7. The lowest BCUT2D eigenvalue weighted by molar-refractivity contribution is 0.0858. The zero-order valence-electron chi connectivity index (χ0n) is 15.0. The van der Waals surface area contributed by atoms with Gasteiger partial charge in [0.1, 0.15) is 5.75 Å². The number of amides is 2. The SMILES string of the molecule is COc1ccc(Cl)cc1C(=O)Nc1ccccc1C(=O)NC[C@H]1CCCO1. The molecule has 1 saturated heterocycles. The molecule has 1 aliphatic heterocycles. The highest BCUT2D eigenvalue weighted by Gasteiger charge is 2.19. The van der Waals surface area contributed by atoms with Gasteiger partial charge in [-0.15, -0.1) is 0 Å². The van der Waals surface area contributed by atoms with Crippen LogP contribution >= 0.6 is 11.6 Å². The van der Waals surface area contributed by atoms with Crippen molar-refractivity contribution in [1.82, 2.24) is 5.32 Å². The fourth-order valence-corrected chi connectivity index (χ4v) is 3.12. The van der Waals surface area contributed by atoms with Crippen molar-refractivity contribution in [2.24, 2.45) is 0 Å². The van der Waals surface area contributed by atoms with Gasteiger partial charge in [-0.1, -0.05) is 23.7 Å². The van der Waals surface area contributed by atoms with Crippen molar-refractivity contribution in [1.29, 1.82) is 0 Å². The summed E-state index contributed by atoms with van der Waals surface area (Å²) in [5.74, 6) is -0.273. The first kappa shape index (κ1) is 19.2. The molecule has 0 bridgehead atoms. The Morgan fingerprint density at radius 2 is 2.00 bits per heavy atom. The molecule has 2 aromatic carbocycles. The van der Waals surface area contributed by atoms with Gasteiger partial charge >= 0.3 is 0 Å². The lowest BCUT2D eigenvalue weighted by atomic mass is 10.1. The Labute approximate surface area is 162 Å². The molecule has 142 valence electrons. The zero-order valence-corrected chi connectivity index (χ0v) is 15.7. The third kappa shape index (κ3) is 4.78. The molecular weight excluding hydrogens is 368 g/mol. The van der Waals surface area contributed by atoms with Gasteiger partial charge in [-0.25, -0.2) is 0 Å². The summed E-state index contributed by atoms with van der Waals surface area (Å²) in [4.78, 5) is 25.2. The molecule has 6 nitrogen and oxygen atoms in total. The number of methoxy groups -OCH3 is 1. The summed E-state index contributed by atoms with van der Waals surface area (Å²) in [6.07, 6.45) is 1.99. The molecule has 2 amide bonds. The summed E-state index contributed by atoms with van der Waals surface area (Å²) in [5, 5.41) is 6.05. The van der Waals surface area contributed by atoms with Crippen LogP contribution in [-0.2, 0) is 4.74 Å². The highest BCUT2D eigenvalue weighted by Crippen LogP contribution is 2.24. The predicted molar refractivity (Wildman–Crippen MR) is 104 cm³/mol. The molecule has 0 unspecified atom stereocenters. The average molecular weight is 389 g/mol. The third-order valence-corrected chi connectivity index (χ3v) is 4.58. The monoisotopic (exact) mass is 388 g/mol. The molecule has 0 spiro atoms. The second-order valence-corrected chi connectivity index (χ2v) is 6.63. The number of halogens is 1. The number of nitrogens with one attached hydrogen (secondary N) is 2. The van der Waals surface area contributed by atoms with E-state index in [1.54, 1.807) is 36.4 Å². The second kappa shape index (κ2) is 8.88. The van der Waals surface area contributed by atoms with E-state index in [0.29, 0.717) is 34.1 Å². The van der Waals surface area contributed by atoms with Gasteiger partial charge in [0.2, 0.25) is 0 Å². The van der Waals surface area contributed by atoms with Crippen LogP contribution in [0.2, 0.25) is 5.02 Å². The normalized spacial score (nSPS) is 16.0. The first-order chi connectivity index (χ1) is 13.1. The van der Waals surface area contributed by atoms with Crippen LogP contribution in [0.5, 0.6) is 5.75 Å². The van der Waals surface area contributed by atoms with Gasteiger partial charge in [-0.2, -0.15) is 0 Å². The maximum atomic E-state index is 12.7. The van der Waals surface area contributed by atoms with Crippen LogP contribution in [0.3, 0.4) is 0 Å². The lowest BCUT2D eigenvalue weighted by Gasteiger charge is -2.14. The van der Waals surface area contributed by atoms with Crippen LogP contribution in [0.4, 0.5) is 5.69 Å². The summed E-state index contributed by atoms with van der Waals surface area (Å²) < 4.78 is 10.7. The van der Waals surface area contributed by atoms with Crippen LogP contribution in [0.1, 0.15) is 33.6 Å². The standard InChI is InChI=1S/C20H21ClN2O4/c1-26-18-9-8-13(21)11-16(18)20(25)23-17-7-3-2-6-15(17)19(24)22-12-14-5-4-10-27-14/h2-3,6-9,11,14H,4-5,10,12H2,1H3,(H,22,24)(H,23,25)/t14-/m1/s1. The Bertz CT molecular complexity index is 834. The van der Waals surface area contributed by atoms with Crippen molar-refractivity contribution in [3.63, 3.8) is 0 Å². The fourth-order valence-electron chi connectivity index (χ4n) is 2.94. The van der Waals surface area contributed by atoms with Crippen LogP contribution in [0.15, 0.2) is 42.5 Å². The highest BCUT2D eigenvalue weighted by atomic mass is 35.5. The van der Waals surface area contributed by atoms with E-state index in [-0.39, 0.29) is 12.0 Å². The molecule has 1 atom stereocenters. The van der Waals surface area contributed by atoms with E-state index in [4.69, 9.17) is 21.1 Å². The maximum Gasteiger partial charge on any atom is 0.259 e. The van der Waals surface area contributed by atoms with Crippen LogP contribution in [0, 0.1) is 0 Å². The Balaban J connectivity index is 1.74. The van der Waals surface area contributed by atoms with Crippen molar-refractivity contribution in [2.45, 2.75) is 18.9 Å². The van der Waals surface area contributed by atoms with Crippen LogP contribution < -0.4 is 15.4 Å². The molecule has 1 aliphatic rings. The molecule has 2 N–H and O–H groups in total. The summed E-state index contributed by atoms with van der Waals surface area (Å²) in [6.45, 7) is 1.18. The molecule has 1 fully saturated rings. The average Bonchev–Trinajstić information content (AvgIpc) is 3.20. The molecule has 0 radical (unpaired) electrons. The van der Waals surface area contributed by atoms with Crippen molar-refractivity contribution in [3.8, 4) is 5.75 Å². The molecular formula is C20H21ClN2O4. The molecule has 7 heteroatoms. The van der Waals surface area contributed by atoms with Gasteiger partial charge in [0.15, 0.2) is 0 Å². The highest BCUT2D eigenvalue weighted by molar-refractivity contribution is 6.31. The Hall–Kier alpha value is -2.57. The summed E-state index contributed by atoms with van der Waals surface area (Å²) >= 11 is 5.99. The van der Waals surface area contributed by atoms with Crippen LogP contribution in [0.25, 0.3) is 0 Å². The molecule has 0 saturated carbocycles. The van der Waals surface area contributed by atoms with Crippen molar-refractivity contribution in [3.05, 3.63) is 58.6 Å². The summed E-state index contributed by atoms with van der Waals surface area (Å²) in [5.41, 5.74) is 1.08. The van der Waals surface area contributed by atoms with E-state index in [0.717, 1.165) is 19.4 Å². The van der Waals surface area contributed by atoms with Crippen molar-refractivity contribution < 1.29 is 19.1 Å². The number of benzene rings is 2. The van der Waals surface area contributed by atoms with Gasteiger partial charge in [0.25, 0.3) is 11.8 Å². The Kier molecular flexibility index (Phi) is 6.32. The topological polar surface area (TPSA) is 76.7 Å². The number of carbonyl (C=O) groups is 2. The van der Waals surface area contributed by atoms with Gasteiger partial charge in [0, 0.05) is 18.2 Å². The Morgan fingerprint density at radius 3 is 2.74 bits per heavy atom. The minimum absolute atomic E-state index is 0.0476. The number of carbonyl (C=O) groups excluding carboxylic acids is 2. The number of hydrogen-bond donors (Lipinski definition) is 2. The number of rotatable bonds is 6. The van der Waals surface area contributed by atoms with E-state index in [1.807, 2.05) is 0 Å². The smallest absolute Gasteiger partial charge is 0.259 e. The predicted octanol–water partition coefficient (Wildman–Crippen LogP) is 3.51. The molecule has 0 aromatic heterocycles. The van der Waals surface area contributed by atoms with Gasteiger partial charge < -0.3 is 20.1 Å². The minimum atomic E-state index is -0.409. The largest absolute Gasteiger partial charge is 0.496 e. The zero-order chi connectivity index (χ0) is 19.2. The van der Waals surface area contributed by atoms with Gasteiger partial charge in [0.05, 0.1) is 30.0 Å². The summed E-state index contributed by atoms with van der Waals surface area (Å²) in [6, 6.07) is 11.6. The molecule has 2 aromatic rings. The third-order valence-electron chi connectivity index (χ3n) is 4.34. The van der Waals surface area contributed by atoms with Crippen molar-refractivity contribution >= 4 is 29.1 Å².